The van der Waals surface area contributed by atoms with Gasteiger partial charge in [0.15, 0.2) is 0 Å². The Morgan fingerprint density at radius 3 is 2.42 bits per heavy atom. The normalized spacial score (nSPS) is 15.1. The topological polar surface area (TPSA) is 41.4 Å². The van der Waals surface area contributed by atoms with Crippen molar-refractivity contribution in [3.05, 3.63) is 79.1 Å². The highest BCUT2D eigenvalue weighted by Crippen LogP contribution is 2.30. The highest BCUT2D eigenvalue weighted by molar-refractivity contribution is 5.96. The number of aromatic nitrogens is 2. The van der Waals surface area contributed by atoms with E-state index in [1.54, 1.807) is 4.68 Å². The lowest BCUT2D eigenvalue weighted by Gasteiger charge is -2.35. The molecule has 0 N–H and O–H groups in total. The summed E-state index contributed by atoms with van der Waals surface area (Å²) in [6, 6.07) is 23.8. The van der Waals surface area contributed by atoms with Gasteiger partial charge in [-0.2, -0.15) is 5.10 Å². The molecule has 4 aromatic rings. The SMILES string of the molecule is CN1CCC(N(C)C(=O)Cn2cc(-c3ccc(-c4cccc5ccccc45)cc3)cn2)CC1. The third kappa shape index (κ3) is 4.55. The van der Waals surface area contributed by atoms with Crippen LogP contribution >= 0.6 is 0 Å². The minimum atomic E-state index is 0.116. The van der Waals surface area contributed by atoms with E-state index in [9.17, 15) is 4.79 Å². The van der Waals surface area contributed by atoms with Crippen molar-refractivity contribution in [2.24, 2.45) is 0 Å². The molecule has 0 atom stereocenters. The van der Waals surface area contributed by atoms with E-state index in [-0.39, 0.29) is 12.5 Å². The van der Waals surface area contributed by atoms with Crippen molar-refractivity contribution >= 4 is 16.7 Å². The Morgan fingerprint density at radius 1 is 0.939 bits per heavy atom. The molecule has 3 aromatic carbocycles. The lowest BCUT2D eigenvalue weighted by Crippen LogP contribution is -2.45. The van der Waals surface area contributed by atoms with Crippen LogP contribution < -0.4 is 0 Å². The number of likely N-dealkylation sites (tertiary alicyclic amines) is 1. The maximum Gasteiger partial charge on any atom is 0.244 e. The second-order valence-corrected chi connectivity index (χ2v) is 9.07. The van der Waals surface area contributed by atoms with E-state index in [1.165, 1.54) is 21.9 Å². The predicted molar refractivity (Wildman–Crippen MR) is 134 cm³/mol. The molecular weight excluding hydrogens is 408 g/mol. The summed E-state index contributed by atoms with van der Waals surface area (Å²) >= 11 is 0. The Morgan fingerprint density at radius 2 is 1.64 bits per heavy atom. The molecule has 1 aliphatic rings. The van der Waals surface area contributed by atoms with Crippen LogP contribution in [-0.4, -0.2) is 58.7 Å². The van der Waals surface area contributed by atoms with Crippen LogP contribution in [0.1, 0.15) is 12.8 Å². The minimum Gasteiger partial charge on any atom is -0.341 e. The van der Waals surface area contributed by atoms with Gasteiger partial charge in [0.25, 0.3) is 0 Å². The molecule has 0 radical (unpaired) electrons. The number of benzene rings is 3. The number of amides is 1. The molecule has 0 saturated carbocycles. The van der Waals surface area contributed by atoms with E-state index in [2.05, 4.69) is 83.8 Å². The van der Waals surface area contributed by atoms with Crippen LogP contribution in [0.4, 0.5) is 0 Å². The van der Waals surface area contributed by atoms with Crippen LogP contribution in [0.3, 0.4) is 0 Å². The molecule has 0 unspecified atom stereocenters. The van der Waals surface area contributed by atoms with Gasteiger partial charge in [-0.3, -0.25) is 9.48 Å². The van der Waals surface area contributed by atoms with Crippen LogP contribution in [0, 0.1) is 0 Å². The number of carbonyl (C=O) groups is 1. The van der Waals surface area contributed by atoms with Crippen LogP contribution in [-0.2, 0) is 11.3 Å². The minimum absolute atomic E-state index is 0.116. The zero-order valence-electron chi connectivity index (χ0n) is 19.3. The summed E-state index contributed by atoms with van der Waals surface area (Å²) in [4.78, 5) is 17.0. The molecule has 168 valence electrons. The van der Waals surface area contributed by atoms with E-state index in [1.807, 2.05) is 24.3 Å². The number of nitrogens with zero attached hydrogens (tertiary/aromatic N) is 4. The predicted octanol–water partition coefficient (Wildman–Crippen LogP) is 4.92. The smallest absolute Gasteiger partial charge is 0.244 e. The maximum atomic E-state index is 12.8. The highest BCUT2D eigenvalue weighted by Gasteiger charge is 2.24. The molecule has 33 heavy (non-hydrogen) atoms. The molecule has 5 rings (SSSR count). The summed E-state index contributed by atoms with van der Waals surface area (Å²) in [5.41, 5.74) is 4.55. The number of likely N-dealkylation sites (N-methyl/N-ethyl adjacent to an activating group) is 1. The van der Waals surface area contributed by atoms with Crippen molar-refractivity contribution in [1.29, 1.82) is 0 Å². The van der Waals surface area contributed by atoms with Gasteiger partial charge in [0.2, 0.25) is 5.91 Å². The van der Waals surface area contributed by atoms with Gasteiger partial charge in [-0.1, -0.05) is 66.7 Å². The number of hydrogen-bond donors (Lipinski definition) is 0. The van der Waals surface area contributed by atoms with E-state index >= 15 is 0 Å². The van der Waals surface area contributed by atoms with Gasteiger partial charge in [-0.25, -0.2) is 0 Å². The first-order chi connectivity index (χ1) is 16.1. The van der Waals surface area contributed by atoms with Crippen LogP contribution in [0.5, 0.6) is 0 Å². The van der Waals surface area contributed by atoms with Gasteiger partial charge >= 0.3 is 0 Å². The number of hydrogen-bond acceptors (Lipinski definition) is 3. The summed E-state index contributed by atoms with van der Waals surface area (Å²) in [5, 5.41) is 6.96. The first kappa shape index (κ1) is 21.4. The van der Waals surface area contributed by atoms with E-state index in [0.29, 0.717) is 6.04 Å². The Labute approximate surface area is 195 Å². The van der Waals surface area contributed by atoms with Gasteiger partial charge in [0.05, 0.1) is 6.20 Å². The van der Waals surface area contributed by atoms with Crippen molar-refractivity contribution in [1.82, 2.24) is 19.6 Å². The molecule has 1 aromatic heterocycles. The fraction of sp³-hybridized carbons (Fsp3) is 0.286. The van der Waals surface area contributed by atoms with Gasteiger partial charge in [-0.15, -0.1) is 0 Å². The zero-order chi connectivity index (χ0) is 22.8. The Bertz CT molecular complexity index is 1250. The lowest BCUT2D eigenvalue weighted by molar-refractivity contribution is -0.133. The van der Waals surface area contributed by atoms with Crippen molar-refractivity contribution in [3.63, 3.8) is 0 Å². The number of rotatable bonds is 5. The first-order valence-corrected chi connectivity index (χ1v) is 11.6. The molecule has 5 nitrogen and oxygen atoms in total. The molecule has 0 bridgehead atoms. The van der Waals surface area contributed by atoms with Crippen LogP contribution in [0.25, 0.3) is 33.0 Å². The summed E-state index contributed by atoms with van der Waals surface area (Å²) in [6.45, 7) is 2.36. The quantitative estimate of drug-likeness (QED) is 0.444. The average Bonchev–Trinajstić information content (AvgIpc) is 3.32. The Hall–Kier alpha value is -3.44. The molecule has 0 spiro atoms. The molecule has 1 aliphatic heterocycles. The fourth-order valence-electron chi connectivity index (χ4n) is 4.75. The molecule has 5 heteroatoms. The van der Waals surface area contributed by atoms with Crippen molar-refractivity contribution < 1.29 is 4.79 Å². The summed E-state index contributed by atoms with van der Waals surface area (Å²) < 4.78 is 1.75. The van der Waals surface area contributed by atoms with Crippen molar-refractivity contribution in [2.75, 3.05) is 27.2 Å². The molecule has 1 amide bonds. The van der Waals surface area contributed by atoms with Crippen LogP contribution in [0.15, 0.2) is 79.1 Å². The highest BCUT2D eigenvalue weighted by atomic mass is 16.2. The standard InChI is InChI=1S/C28H30N4O/c1-30-16-14-25(15-17-30)31(2)28(33)20-32-19-24(18-29-32)21-10-12-23(13-11-21)27-9-5-7-22-6-3-4-8-26(22)27/h3-13,18-19,25H,14-17,20H2,1-2H3. The van der Waals surface area contributed by atoms with Crippen molar-refractivity contribution in [2.45, 2.75) is 25.4 Å². The summed E-state index contributed by atoms with van der Waals surface area (Å²) in [7, 11) is 4.06. The van der Waals surface area contributed by atoms with Gasteiger partial charge in [0, 0.05) is 24.8 Å². The largest absolute Gasteiger partial charge is 0.341 e. The maximum absolute atomic E-state index is 12.8. The van der Waals surface area contributed by atoms with E-state index in [4.69, 9.17) is 0 Å². The second-order valence-electron chi connectivity index (χ2n) is 9.07. The third-order valence-electron chi connectivity index (χ3n) is 6.88. The summed E-state index contributed by atoms with van der Waals surface area (Å²) in [6.07, 6.45) is 5.88. The van der Waals surface area contributed by atoms with Gasteiger partial charge in [0.1, 0.15) is 6.54 Å². The van der Waals surface area contributed by atoms with E-state index in [0.717, 1.165) is 37.1 Å². The third-order valence-corrected chi connectivity index (χ3v) is 6.88. The van der Waals surface area contributed by atoms with E-state index < -0.39 is 0 Å². The van der Waals surface area contributed by atoms with Crippen molar-refractivity contribution in [3.8, 4) is 22.3 Å². The molecule has 0 aliphatic carbocycles. The molecule has 2 heterocycles. The molecular formula is C28H30N4O. The monoisotopic (exact) mass is 438 g/mol. The Kier molecular flexibility index (Phi) is 5.97. The number of piperidine rings is 1. The second kappa shape index (κ2) is 9.20. The molecule has 1 fully saturated rings. The van der Waals surface area contributed by atoms with Gasteiger partial charge in [-0.05, 0) is 60.4 Å². The number of carbonyl (C=O) groups excluding carboxylic acids is 1. The zero-order valence-corrected chi connectivity index (χ0v) is 19.3. The van der Waals surface area contributed by atoms with Crippen LogP contribution in [0.2, 0.25) is 0 Å². The first-order valence-electron chi connectivity index (χ1n) is 11.6. The van der Waals surface area contributed by atoms with Gasteiger partial charge < -0.3 is 9.80 Å². The summed E-state index contributed by atoms with van der Waals surface area (Å²) in [5.74, 6) is 0.116. The Balaban J connectivity index is 1.28. The average molecular weight is 439 g/mol. The lowest BCUT2D eigenvalue weighted by atomic mass is 9.97. The fourth-order valence-corrected chi connectivity index (χ4v) is 4.75. The number of fused-ring (bicyclic) bond motifs is 1. The molecule has 1 saturated heterocycles.